The van der Waals surface area contributed by atoms with Gasteiger partial charge in [0.1, 0.15) is 0 Å². The number of methoxy groups -OCH3 is 1. The highest BCUT2D eigenvalue weighted by Crippen LogP contribution is 2.27. The predicted molar refractivity (Wildman–Crippen MR) is 83.2 cm³/mol. The average molecular weight is 285 g/mol. The van der Waals surface area contributed by atoms with E-state index in [1.807, 2.05) is 0 Å². The van der Waals surface area contributed by atoms with Gasteiger partial charge in [-0.2, -0.15) is 0 Å². The fraction of sp³-hybridized carbons (Fsp3) is 0.786. The molecule has 1 aromatic heterocycles. The van der Waals surface area contributed by atoms with E-state index in [0.29, 0.717) is 6.04 Å². The minimum atomic E-state index is 0.442. The molecule has 0 radical (unpaired) electrons. The van der Waals surface area contributed by atoms with Gasteiger partial charge in [-0.05, 0) is 33.7 Å². The first-order valence-electron chi connectivity index (χ1n) is 7.02. The summed E-state index contributed by atoms with van der Waals surface area (Å²) in [7, 11) is 1.74. The molecule has 1 N–H and O–H groups in total. The predicted octanol–water partition coefficient (Wildman–Crippen LogP) is 2.81. The van der Waals surface area contributed by atoms with Crippen LogP contribution in [-0.2, 0) is 11.3 Å². The summed E-state index contributed by atoms with van der Waals surface area (Å²) in [5.74, 6) is 0. The lowest BCUT2D eigenvalue weighted by atomic mass is 10.3. The number of hydrogen-bond acceptors (Lipinski definition) is 5. The van der Waals surface area contributed by atoms with E-state index in [2.05, 4.69) is 37.9 Å². The molecule has 0 aliphatic heterocycles. The fourth-order valence-electron chi connectivity index (χ4n) is 1.84. The fourth-order valence-corrected chi connectivity index (χ4v) is 3.03. The maximum Gasteiger partial charge on any atom is 0.186 e. The Hall–Kier alpha value is -0.650. The van der Waals surface area contributed by atoms with Crippen LogP contribution in [0.3, 0.4) is 0 Å². The maximum atomic E-state index is 5.18. The van der Waals surface area contributed by atoms with Gasteiger partial charge in [-0.1, -0.05) is 6.92 Å². The van der Waals surface area contributed by atoms with Crippen molar-refractivity contribution in [1.29, 1.82) is 0 Å². The van der Waals surface area contributed by atoms with Crippen molar-refractivity contribution in [2.24, 2.45) is 0 Å². The molecule has 0 fully saturated rings. The molecule has 0 atom stereocenters. The van der Waals surface area contributed by atoms with Gasteiger partial charge in [0, 0.05) is 31.1 Å². The van der Waals surface area contributed by atoms with E-state index < -0.39 is 0 Å². The SMILES string of the molecule is CCCNCc1sc(N(CCOC)C(C)C)nc1C. The van der Waals surface area contributed by atoms with E-state index in [9.17, 15) is 0 Å². The molecule has 1 aromatic rings. The highest BCUT2D eigenvalue weighted by Gasteiger charge is 2.16. The Morgan fingerprint density at radius 1 is 1.42 bits per heavy atom. The van der Waals surface area contributed by atoms with Gasteiger partial charge in [0.05, 0.1) is 12.3 Å². The highest BCUT2D eigenvalue weighted by atomic mass is 32.1. The van der Waals surface area contributed by atoms with Gasteiger partial charge in [-0.3, -0.25) is 0 Å². The molecular weight excluding hydrogens is 258 g/mol. The third kappa shape index (κ3) is 5.09. The molecule has 5 heteroatoms. The zero-order chi connectivity index (χ0) is 14.3. The Bertz CT molecular complexity index is 366. The molecule has 0 bridgehead atoms. The molecule has 0 aliphatic rings. The molecule has 110 valence electrons. The number of hydrogen-bond donors (Lipinski definition) is 1. The van der Waals surface area contributed by atoms with Crippen molar-refractivity contribution in [2.45, 2.75) is 46.7 Å². The number of nitrogens with one attached hydrogen (secondary N) is 1. The second kappa shape index (κ2) is 8.51. The normalized spacial score (nSPS) is 11.3. The first kappa shape index (κ1) is 16.4. The molecule has 0 aliphatic carbocycles. The molecular formula is C14H27N3OS. The molecule has 1 rings (SSSR count). The number of anilines is 1. The van der Waals surface area contributed by atoms with Crippen LogP contribution >= 0.6 is 11.3 Å². The molecule has 0 amide bonds. The maximum absolute atomic E-state index is 5.18. The van der Waals surface area contributed by atoms with Gasteiger partial charge in [0.15, 0.2) is 5.13 Å². The largest absolute Gasteiger partial charge is 0.383 e. The number of ether oxygens (including phenoxy) is 1. The van der Waals surface area contributed by atoms with E-state index >= 15 is 0 Å². The van der Waals surface area contributed by atoms with Crippen LogP contribution in [0.25, 0.3) is 0 Å². The van der Waals surface area contributed by atoms with Gasteiger partial charge in [-0.15, -0.1) is 11.3 Å². The number of aromatic nitrogens is 1. The minimum Gasteiger partial charge on any atom is -0.383 e. The summed E-state index contributed by atoms with van der Waals surface area (Å²) in [4.78, 5) is 8.36. The monoisotopic (exact) mass is 285 g/mol. The van der Waals surface area contributed by atoms with E-state index in [1.54, 1.807) is 18.4 Å². The van der Waals surface area contributed by atoms with Crippen LogP contribution in [0.5, 0.6) is 0 Å². The Balaban J connectivity index is 2.72. The van der Waals surface area contributed by atoms with E-state index in [4.69, 9.17) is 9.72 Å². The standard InChI is InChI=1S/C14H27N3OS/c1-6-7-15-10-13-12(4)16-14(19-13)17(11(2)3)8-9-18-5/h11,15H,6-10H2,1-5H3. The summed E-state index contributed by atoms with van der Waals surface area (Å²) >= 11 is 1.79. The van der Waals surface area contributed by atoms with Crippen LogP contribution in [0.2, 0.25) is 0 Å². The van der Waals surface area contributed by atoms with Crippen molar-refractivity contribution in [2.75, 3.05) is 31.7 Å². The molecule has 1 heterocycles. The molecule has 19 heavy (non-hydrogen) atoms. The van der Waals surface area contributed by atoms with Gasteiger partial charge in [0.25, 0.3) is 0 Å². The van der Waals surface area contributed by atoms with Crippen molar-refractivity contribution in [1.82, 2.24) is 10.3 Å². The molecule has 4 nitrogen and oxygen atoms in total. The number of aryl methyl sites for hydroxylation is 1. The van der Waals surface area contributed by atoms with Crippen molar-refractivity contribution in [3.63, 3.8) is 0 Å². The van der Waals surface area contributed by atoms with Crippen LogP contribution in [-0.4, -0.2) is 37.8 Å². The Kier molecular flexibility index (Phi) is 7.34. The Labute approximate surface area is 121 Å². The van der Waals surface area contributed by atoms with Crippen molar-refractivity contribution >= 4 is 16.5 Å². The van der Waals surface area contributed by atoms with Crippen molar-refractivity contribution < 1.29 is 4.74 Å². The molecule has 0 unspecified atom stereocenters. The molecule has 0 aromatic carbocycles. The minimum absolute atomic E-state index is 0.442. The molecule has 0 saturated heterocycles. The van der Waals surface area contributed by atoms with Crippen LogP contribution in [0.4, 0.5) is 5.13 Å². The summed E-state index contributed by atoms with van der Waals surface area (Å²) in [6, 6.07) is 0.442. The zero-order valence-electron chi connectivity index (χ0n) is 12.8. The van der Waals surface area contributed by atoms with Crippen LogP contribution in [0.15, 0.2) is 0 Å². The van der Waals surface area contributed by atoms with Crippen LogP contribution in [0, 0.1) is 6.92 Å². The summed E-state index contributed by atoms with van der Waals surface area (Å²) < 4.78 is 5.18. The summed E-state index contributed by atoms with van der Waals surface area (Å²) in [6.45, 7) is 12.3. The van der Waals surface area contributed by atoms with Crippen LogP contribution in [0.1, 0.15) is 37.8 Å². The van der Waals surface area contributed by atoms with E-state index in [-0.39, 0.29) is 0 Å². The van der Waals surface area contributed by atoms with Gasteiger partial charge < -0.3 is 15.0 Å². The lowest BCUT2D eigenvalue weighted by Gasteiger charge is -2.25. The second-order valence-corrected chi connectivity index (χ2v) is 6.02. The summed E-state index contributed by atoms with van der Waals surface area (Å²) in [5.41, 5.74) is 1.15. The van der Waals surface area contributed by atoms with Gasteiger partial charge in [0.2, 0.25) is 0 Å². The third-order valence-corrected chi connectivity index (χ3v) is 4.19. The Morgan fingerprint density at radius 3 is 2.74 bits per heavy atom. The summed E-state index contributed by atoms with van der Waals surface area (Å²) in [5, 5.41) is 4.55. The quantitative estimate of drug-likeness (QED) is 0.708. The van der Waals surface area contributed by atoms with Crippen molar-refractivity contribution in [3.05, 3.63) is 10.6 Å². The number of rotatable bonds is 9. The molecule has 0 saturated carbocycles. The lowest BCUT2D eigenvalue weighted by Crippen LogP contribution is -2.33. The third-order valence-electron chi connectivity index (χ3n) is 3.00. The van der Waals surface area contributed by atoms with Gasteiger partial charge in [-0.25, -0.2) is 4.98 Å². The lowest BCUT2D eigenvalue weighted by molar-refractivity contribution is 0.204. The smallest absolute Gasteiger partial charge is 0.186 e. The first-order valence-corrected chi connectivity index (χ1v) is 7.84. The Morgan fingerprint density at radius 2 is 2.16 bits per heavy atom. The second-order valence-electron chi connectivity index (χ2n) is 4.96. The molecule has 0 spiro atoms. The number of thiazole rings is 1. The summed E-state index contributed by atoms with van der Waals surface area (Å²) in [6.07, 6.45) is 1.16. The highest BCUT2D eigenvalue weighted by molar-refractivity contribution is 7.15. The zero-order valence-corrected chi connectivity index (χ0v) is 13.6. The van der Waals surface area contributed by atoms with E-state index in [1.165, 1.54) is 4.88 Å². The number of nitrogens with zero attached hydrogens (tertiary/aromatic N) is 2. The topological polar surface area (TPSA) is 37.4 Å². The first-order chi connectivity index (χ1) is 9.10. The van der Waals surface area contributed by atoms with E-state index in [0.717, 1.165) is 43.5 Å². The van der Waals surface area contributed by atoms with Crippen molar-refractivity contribution in [3.8, 4) is 0 Å². The van der Waals surface area contributed by atoms with Gasteiger partial charge >= 0.3 is 0 Å². The van der Waals surface area contributed by atoms with Crippen LogP contribution < -0.4 is 10.2 Å². The average Bonchev–Trinajstić information content (AvgIpc) is 2.71.